The first kappa shape index (κ1) is 17.4. The molecule has 0 spiro atoms. The van der Waals surface area contributed by atoms with Gasteiger partial charge in [0.1, 0.15) is 0 Å². The summed E-state index contributed by atoms with van der Waals surface area (Å²) in [5.41, 5.74) is 0.489. The Hall–Kier alpha value is -1.44. The lowest BCUT2D eigenvalue weighted by Gasteiger charge is -2.31. The minimum absolute atomic E-state index is 0.0546. The van der Waals surface area contributed by atoms with Crippen LogP contribution in [0, 0.1) is 5.92 Å². The van der Waals surface area contributed by atoms with Gasteiger partial charge in [-0.2, -0.15) is 4.31 Å². The molecule has 2 aliphatic rings. The van der Waals surface area contributed by atoms with Crippen molar-refractivity contribution in [3.63, 3.8) is 0 Å². The molecule has 1 amide bonds. The molecule has 1 heterocycles. The Morgan fingerprint density at radius 3 is 2.58 bits per heavy atom. The molecule has 0 unspecified atom stereocenters. The monoisotopic (exact) mass is 352 g/mol. The third-order valence-corrected chi connectivity index (χ3v) is 6.56. The summed E-state index contributed by atoms with van der Waals surface area (Å²) in [5.74, 6) is 0.463. The molecule has 1 N–H and O–H groups in total. The van der Waals surface area contributed by atoms with Crippen molar-refractivity contribution < 1.29 is 17.9 Å². The molecule has 3 rings (SSSR count). The van der Waals surface area contributed by atoms with Gasteiger partial charge in [0.25, 0.3) is 5.91 Å². The van der Waals surface area contributed by atoms with Crippen LogP contribution in [0.3, 0.4) is 0 Å². The van der Waals surface area contributed by atoms with Gasteiger partial charge in [0.2, 0.25) is 10.0 Å². The number of nitrogens with zero attached hydrogens (tertiary/aromatic N) is 1. The Labute approximate surface area is 143 Å². The number of hydrogen-bond donors (Lipinski definition) is 1. The number of benzene rings is 1. The Morgan fingerprint density at radius 2 is 1.96 bits per heavy atom. The highest BCUT2D eigenvalue weighted by atomic mass is 32.2. The summed E-state index contributed by atoms with van der Waals surface area (Å²) >= 11 is 0. The van der Waals surface area contributed by atoms with E-state index in [4.69, 9.17) is 4.74 Å². The normalized spacial score (nSPS) is 22.3. The van der Waals surface area contributed by atoms with Crippen LogP contribution in [0.1, 0.15) is 36.0 Å². The molecule has 0 aromatic heterocycles. The Balaban J connectivity index is 1.68. The fraction of sp³-hybridized carbons (Fsp3) is 0.588. The number of carbonyl (C=O) groups excluding carboxylic acids is 1. The number of nitrogens with one attached hydrogen (secondary N) is 1. The minimum Gasteiger partial charge on any atom is -0.380 e. The molecule has 1 aromatic carbocycles. The first-order valence-electron chi connectivity index (χ1n) is 8.42. The van der Waals surface area contributed by atoms with Crippen LogP contribution in [-0.2, 0) is 14.8 Å². The van der Waals surface area contributed by atoms with E-state index in [1.165, 1.54) is 29.3 Å². The van der Waals surface area contributed by atoms with Gasteiger partial charge in [-0.05, 0) is 55.9 Å². The number of ether oxygens (including phenoxy) is 1. The second-order valence-electron chi connectivity index (χ2n) is 6.54. The summed E-state index contributed by atoms with van der Waals surface area (Å²) in [6.07, 6.45) is 3.97. The van der Waals surface area contributed by atoms with Crippen LogP contribution in [0.2, 0.25) is 0 Å². The highest BCUT2D eigenvalue weighted by molar-refractivity contribution is 7.89. The van der Waals surface area contributed by atoms with E-state index < -0.39 is 10.0 Å². The van der Waals surface area contributed by atoms with Crippen LogP contribution >= 0.6 is 0 Å². The van der Waals surface area contributed by atoms with Crippen LogP contribution in [0.15, 0.2) is 29.2 Å². The summed E-state index contributed by atoms with van der Waals surface area (Å²) < 4.78 is 32.2. The molecule has 132 valence electrons. The molecule has 1 atom stereocenters. The zero-order valence-electron chi connectivity index (χ0n) is 13.9. The second kappa shape index (κ2) is 7.21. The van der Waals surface area contributed by atoms with E-state index in [1.807, 2.05) is 0 Å². The lowest BCUT2D eigenvalue weighted by atomic mass is 10.1. The van der Waals surface area contributed by atoms with Gasteiger partial charge in [-0.1, -0.05) is 0 Å². The molecule has 0 radical (unpaired) electrons. The van der Waals surface area contributed by atoms with Gasteiger partial charge in [-0.3, -0.25) is 4.79 Å². The van der Waals surface area contributed by atoms with Crippen LogP contribution < -0.4 is 5.32 Å². The molecule has 24 heavy (non-hydrogen) atoms. The van der Waals surface area contributed by atoms with Gasteiger partial charge in [-0.25, -0.2) is 8.42 Å². The maximum atomic E-state index is 12.7. The topological polar surface area (TPSA) is 75.7 Å². The molecule has 6 nitrogen and oxygen atoms in total. The molecule has 1 aliphatic carbocycles. The van der Waals surface area contributed by atoms with E-state index in [0.29, 0.717) is 31.1 Å². The molecular weight excluding hydrogens is 328 g/mol. The summed E-state index contributed by atoms with van der Waals surface area (Å²) in [7, 11) is -1.93. The van der Waals surface area contributed by atoms with Crippen molar-refractivity contribution in [2.45, 2.75) is 36.7 Å². The molecule has 1 aliphatic heterocycles. The second-order valence-corrected chi connectivity index (χ2v) is 8.48. The zero-order chi connectivity index (χ0) is 17.2. The van der Waals surface area contributed by atoms with Gasteiger partial charge in [0.15, 0.2) is 0 Å². The van der Waals surface area contributed by atoms with Crippen molar-refractivity contribution in [2.75, 3.05) is 26.7 Å². The van der Waals surface area contributed by atoms with Gasteiger partial charge < -0.3 is 10.1 Å². The molecule has 0 bridgehead atoms. The lowest BCUT2D eigenvalue weighted by molar-refractivity contribution is 0.0572. The first-order valence-corrected chi connectivity index (χ1v) is 9.86. The Kier molecular flexibility index (Phi) is 5.22. The van der Waals surface area contributed by atoms with Crippen molar-refractivity contribution >= 4 is 15.9 Å². The van der Waals surface area contributed by atoms with Crippen LogP contribution in [-0.4, -0.2) is 51.5 Å². The number of methoxy groups -OCH3 is 1. The van der Waals surface area contributed by atoms with Gasteiger partial charge >= 0.3 is 0 Å². The molecule has 2 fully saturated rings. The zero-order valence-corrected chi connectivity index (χ0v) is 14.7. The number of hydrogen-bond acceptors (Lipinski definition) is 4. The molecular formula is C17H24N2O4S. The van der Waals surface area contributed by atoms with E-state index >= 15 is 0 Å². The highest BCUT2D eigenvalue weighted by Crippen LogP contribution is 2.27. The van der Waals surface area contributed by atoms with Crippen LogP contribution in [0.5, 0.6) is 0 Å². The quantitative estimate of drug-likeness (QED) is 0.844. The molecule has 7 heteroatoms. The highest BCUT2D eigenvalue weighted by Gasteiger charge is 2.30. The van der Waals surface area contributed by atoms with E-state index in [2.05, 4.69) is 5.32 Å². The average Bonchev–Trinajstić information content (AvgIpc) is 3.44. The fourth-order valence-corrected chi connectivity index (χ4v) is 4.41. The third-order valence-electron chi connectivity index (χ3n) is 4.68. The molecule has 1 saturated carbocycles. The summed E-state index contributed by atoms with van der Waals surface area (Å²) in [6.45, 7) is 1.58. The van der Waals surface area contributed by atoms with Crippen molar-refractivity contribution in [3.8, 4) is 0 Å². The lowest BCUT2D eigenvalue weighted by Crippen LogP contribution is -2.42. The Morgan fingerprint density at radius 1 is 1.25 bits per heavy atom. The smallest absolute Gasteiger partial charge is 0.251 e. The van der Waals surface area contributed by atoms with Gasteiger partial charge in [0, 0.05) is 32.3 Å². The number of piperidine rings is 1. The maximum absolute atomic E-state index is 12.7. The minimum atomic E-state index is -3.54. The summed E-state index contributed by atoms with van der Waals surface area (Å²) in [5, 5.41) is 2.88. The predicted molar refractivity (Wildman–Crippen MR) is 90.3 cm³/mol. The largest absolute Gasteiger partial charge is 0.380 e. The van der Waals surface area contributed by atoms with E-state index in [0.717, 1.165) is 12.8 Å². The third kappa shape index (κ3) is 3.96. The van der Waals surface area contributed by atoms with Crippen molar-refractivity contribution in [3.05, 3.63) is 29.8 Å². The fourth-order valence-electron chi connectivity index (χ4n) is 2.90. The predicted octanol–water partition coefficient (Wildman–Crippen LogP) is 1.63. The number of sulfonamides is 1. The van der Waals surface area contributed by atoms with E-state index in [1.54, 1.807) is 19.2 Å². The Bertz CT molecular complexity index is 683. The van der Waals surface area contributed by atoms with Crippen LogP contribution in [0.4, 0.5) is 0 Å². The maximum Gasteiger partial charge on any atom is 0.251 e. The molecule has 1 aromatic rings. The summed E-state index contributed by atoms with van der Waals surface area (Å²) in [6, 6.07) is 6.18. The number of rotatable bonds is 6. The first-order chi connectivity index (χ1) is 11.5. The average molecular weight is 352 g/mol. The van der Waals surface area contributed by atoms with Crippen molar-refractivity contribution in [1.82, 2.24) is 9.62 Å². The van der Waals surface area contributed by atoms with Crippen LogP contribution in [0.25, 0.3) is 0 Å². The number of amides is 1. The van der Waals surface area contributed by atoms with Crippen molar-refractivity contribution in [2.24, 2.45) is 5.92 Å². The molecule has 1 saturated heterocycles. The van der Waals surface area contributed by atoms with Gasteiger partial charge in [-0.15, -0.1) is 0 Å². The van der Waals surface area contributed by atoms with Crippen molar-refractivity contribution in [1.29, 1.82) is 0 Å². The standard InChI is InChI=1S/C17H24N2O4S/c1-23-15-3-2-10-19(12-15)24(21,22)16-8-6-14(7-9-16)17(20)18-11-13-4-5-13/h6-9,13,15H,2-5,10-12H2,1H3,(H,18,20)/t15-/m1/s1. The SMILES string of the molecule is CO[C@@H]1CCCN(S(=O)(=O)c2ccc(C(=O)NCC3CC3)cc2)C1. The van der Waals surface area contributed by atoms with Gasteiger partial charge in [0.05, 0.1) is 11.0 Å². The van der Waals surface area contributed by atoms with E-state index in [9.17, 15) is 13.2 Å². The summed E-state index contributed by atoms with van der Waals surface area (Å²) in [4.78, 5) is 12.3. The number of carbonyl (C=O) groups is 1. The van der Waals surface area contributed by atoms with E-state index in [-0.39, 0.29) is 16.9 Å².